The fourth-order valence-electron chi connectivity index (χ4n) is 2.69. The molecule has 1 heterocycles. The number of rotatable bonds is 3. The molecule has 2 nitrogen and oxygen atoms in total. The van der Waals surface area contributed by atoms with Crippen molar-refractivity contribution in [2.45, 2.75) is 38.0 Å². The molecule has 0 radical (unpaired) electrons. The van der Waals surface area contributed by atoms with E-state index in [9.17, 15) is 13.2 Å². The van der Waals surface area contributed by atoms with E-state index in [4.69, 9.17) is 5.73 Å². The van der Waals surface area contributed by atoms with Crippen LogP contribution < -0.4 is 5.73 Å². The van der Waals surface area contributed by atoms with E-state index in [1.165, 1.54) is 12.1 Å². The summed E-state index contributed by atoms with van der Waals surface area (Å²) in [5.74, 6) is 0. The van der Waals surface area contributed by atoms with Crippen molar-refractivity contribution in [2.75, 3.05) is 13.1 Å². The molecule has 2 atom stereocenters. The molecule has 1 aliphatic rings. The maximum atomic E-state index is 12.9. The molecule has 0 aromatic heterocycles. The van der Waals surface area contributed by atoms with Gasteiger partial charge in [0.15, 0.2) is 0 Å². The van der Waals surface area contributed by atoms with Gasteiger partial charge in [0, 0.05) is 18.6 Å². The van der Waals surface area contributed by atoms with Crippen LogP contribution in [0.5, 0.6) is 0 Å². The first-order valence-electron chi connectivity index (χ1n) is 6.55. The Hall–Kier alpha value is -1.07. The Morgan fingerprint density at radius 1 is 1.37 bits per heavy atom. The highest BCUT2D eigenvalue weighted by molar-refractivity contribution is 5.32. The van der Waals surface area contributed by atoms with Gasteiger partial charge in [-0.2, -0.15) is 13.2 Å². The first-order valence-corrected chi connectivity index (χ1v) is 6.55. The fraction of sp³-hybridized carbons (Fsp3) is 0.571. The maximum absolute atomic E-state index is 12.9. The predicted molar refractivity (Wildman–Crippen MR) is 68.6 cm³/mol. The second-order valence-corrected chi connectivity index (χ2v) is 5.18. The molecular weight excluding hydrogens is 253 g/mol. The minimum atomic E-state index is -4.34. The standard InChI is InChI=1S/C14H19F3N2/c1-10-5-4-8-19(10)9-13(18)11-6-2-3-7-12(11)14(15,16)17/h2-3,6-7,10,13H,4-5,8-9,18H2,1H3. The number of likely N-dealkylation sites (tertiary alicyclic amines) is 1. The zero-order valence-electron chi connectivity index (χ0n) is 11.0. The Bertz CT molecular complexity index is 431. The Labute approximate surface area is 111 Å². The van der Waals surface area contributed by atoms with Crippen molar-refractivity contribution >= 4 is 0 Å². The molecule has 0 amide bonds. The average molecular weight is 272 g/mol. The Balaban J connectivity index is 2.17. The Morgan fingerprint density at radius 3 is 2.63 bits per heavy atom. The van der Waals surface area contributed by atoms with Gasteiger partial charge < -0.3 is 5.73 Å². The maximum Gasteiger partial charge on any atom is 0.416 e. The normalized spacial score (nSPS) is 22.7. The van der Waals surface area contributed by atoms with Crippen LogP contribution in [0, 0.1) is 0 Å². The molecular formula is C14H19F3N2. The lowest BCUT2D eigenvalue weighted by Crippen LogP contribution is -2.35. The number of hydrogen-bond donors (Lipinski definition) is 1. The van der Waals surface area contributed by atoms with Crippen molar-refractivity contribution in [3.63, 3.8) is 0 Å². The minimum Gasteiger partial charge on any atom is -0.323 e. The number of benzene rings is 1. The molecule has 5 heteroatoms. The Kier molecular flexibility index (Phi) is 4.16. The van der Waals surface area contributed by atoms with E-state index in [0.29, 0.717) is 12.6 Å². The lowest BCUT2D eigenvalue weighted by Gasteiger charge is -2.26. The van der Waals surface area contributed by atoms with E-state index in [-0.39, 0.29) is 5.56 Å². The molecule has 0 bridgehead atoms. The van der Waals surface area contributed by atoms with Crippen LogP contribution in [0.2, 0.25) is 0 Å². The predicted octanol–water partition coefficient (Wildman–Crippen LogP) is 3.19. The third kappa shape index (κ3) is 3.28. The highest BCUT2D eigenvalue weighted by atomic mass is 19.4. The van der Waals surface area contributed by atoms with Gasteiger partial charge in [0.2, 0.25) is 0 Å². The van der Waals surface area contributed by atoms with Gasteiger partial charge in [-0.25, -0.2) is 0 Å². The molecule has 1 aromatic carbocycles. The molecule has 2 rings (SSSR count). The number of hydrogen-bond acceptors (Lipinski definition) is 2. The quantitative estimate of drug-likeness (QED) is 0.915. The van der Waals surface area contributed by atoms with Crippen LogP contribution in [0.15, 0.2) is 24.3 Å². The van der Waals surface area contributed by atoms with E-state index < -0.39 is 17.8 Å². The molecule has 1 saturated heterocycles. The van der Waals surface area contributed by atoms with Gasteiger partial charge in [-0.05, 0) is 37.9 Å². The van der Waals surface area contributed by atoms with Crippen LogP contribution in [0.25, 0.3) is 0 Å². The zero-order valence-corrected chi connectivity index (χ0v) is 11.0. The highest BCUT2D eigenvalue weighted by Gasteiger charge is 2.35. The second-order valence-electron chi connectivity index (χ2n) is 5.18. The molecule has 1 fully saturated rings. The van der Waals surface area contributed by atoms with E-state index >= 15 is 0 Å². The molecule has 2 N–H and O–H groups in total. The van der Waals surface area contributed by atoms with Crippen molar-refractivity contribution in [3.8, 4) is 0 Å². The molecule has 0 saturated carbocycles. The molecule has 2 unspecified atom stereocenters. The Morgan fingerprint density at radius 2 is 2.05 bits per heavy atom. The first kappa shape index (κ1) is 14.3. The minimum absolute atomic E-state index is 0.189. The summed E-state index contributed by atoms with van der Waals surface area (Å²) >= 11 is 0. The van der Waals surface area contributed by atoms with Gasteiger partial charge >= 0.3 is 6.18 Å². The van der Waals surface area contributed by atoms with Gasteiger partial charge in [-0.15, -0.1) is 0 Å². The molecule has 1 aliphatic heterocycles. The van der Waals surface area contributed by atoms with Crippen molar-refractivity contribution in [3.05, 3.63) is 35.4 Å². The molecule has 0 aliphatic carbocycles. The largest absolute Gasteiger partial charge is 0.416 e. The monoisotopic (exact) mass is 272 g/mol. The molecule has 19 heavy (non-hydrogen) atoms. The summed E-state index contributed by atoms with van der Waals surface area (Å²) in [7, 11) is 0. The summed E-state index contributed by atoms with van der Waals surface area (Å²) in [6, 6.07) is 5.40. The van der Waals surface area contributed by atoms with Crippen LogP contribution in [0.4, 0.5) is 13.2 Å². The van der Waals surface area contributed by atoms with Gasteiger partial charge in [0.05, 0.1) is 5.56 Å². The smallest absolute Gasteiger partial charge is 0.323 e. The van der Waals surface area contributed by atoms with Gasteiger partial charge in [-0.1, -0.05) is 18.2 Å². The van der Waals surface area contributed by atoms with Crippen LogP contribution in [0.3, 0.4) is 0 Å². The summed E-state index contributed by atoms with van der Waals surface area (Å²) in [6.07, 6.45) is -2.16. The highest BCUT2D eigenvalue weighted by Crippen LogP contribution is 2.34. The van der Waals surface area contributed by atoms with Crippen molar-refractivity contribution in [1.82, 2.24) is 4.90 Å². The zero-order chi connectivity index (χ0) is 14.0. The number of alkyl halides is 3. The summed E-state index contributed by atoms with van der Waals surface area (Å²) in [6.45, 7) is 3.49. The van der Waals surface area contributed by atoms with Crippen molar-refractivity contribution in [1.29, 1.82) is 0 Å². The number of halogens is 3. The lowest BCUT2D eigenvalue weighted by molar-refractivity contribution is -0.138. The van der Waals surface area contributed by atoms with E-state index in [2.05, 4.69) is 11.8 Å². The molecule has 106 valence electrons. The summed E-state index contributed by atoms with van der Waals surface area (Å²) in [5.41, 5.74) is 5.57. The molecule has 0 spiro atoms. The van der Waals surface area contributed by atoms with Crippen molar-refractivity contribution < 1.29 is 13.2 Å². The fourth-order valence-corrected chi connectivity index (χ4v) is 2.69. The van der Waals surface area contributed by atoms with E-state index in [1.54, 1.807) is 6.07 Å². The topological polar surface area (TPSA) is 29.3 Å². The van der Waals surface area contributed by atoms with Crippen LogP contribution in [0.1, 0.15) is 36.9 Å². The van der Waals surface area contributed by atoms with Crippen LogP contribution in [-0.4, -0.2) is 24.0 Å². The number of nitrogens with two attached hydrogens (primary N) is 1. The van der Waals surface area contributed by atoms with E-state index in [1.807, 2.05) is 0 Å². The third-order valence-electron chi connectivity index (χ3n) is 3.79. The summed E-state index contributed by atoms with van der Waals surface area (Å²) in [5, 5.41) is 0. The SMILES string of the molecule is CC1CCCN1CC(N)c1ccccc1C(F)(F)F. The average Bonchev–Trinajstić information content (AvgIpc) is 2.74. The first-order chi connectivity index (χ1) is 8.89. The van der Waals surface area contributed by atoms with Crippen LogP contribution >= 0.6 is 0 Å². The summed E-state index contributed by atoms with van der Waals surface area (Å²) in [4.78, 5) is 2.16. The summed E-state index contributed by atoms with van der Waals surface area (Å²) < 4.78 is 38.8. The second kappa shape index (κ2) is 5.51. The van der Waals surface area contributed by atoms with Gasteiger partial charge in [0.1, 0.15) is 0 Å². The van der Waals surface area contributed by atoms with E-state index in [0.717, 1.165) is 25.5 Å². The van der Waals surface area contributed by atoms with Gasteiger partial charge in [-0.3, -0.25) is 4.90 Å². The van der Waals surface area contributed by atoms with Gasteiger partial charge in [0.25, 0.3) is 0 Å². The number of nitrogens with zero attached hydrogens (tertiary/aromatic N) is 1. The lowest BCUT2D eigenvalue weighted by atomic mass is 10.00. The third-order valence-corrected chi connectivity index (χ3v) is 3.79. The molecule has 1 aromatic rings. The van der Waals surface area contributed by atoms with Crippen LogP contribution in [-0.2, 0) is 6.18 Å². The van der Waals surface area contributed by atoms with Crippen molar-refractivity contribution in [2.24, 2.45) is 5.73 Å².